The van der Waals surface area contributed by atoms with Crippen molar-refractivity contribution in [1.82, 2.24) is 0 Å². The minimum atomic E-state index is -0.671. The average Bonchev–Trinajstić information content (AvgIpc) is 2.53. The molecule has 4 heteroatoms. The summed E-state index contributed by atoms with van der Waals surface area (Å²) in [5, 5.41) is 8.93. The fraction of sp³-hybridized carbons (Fsp3) is 0.632. The number of carboxylic acids is 1. The van der Waals surface area contributed by atoms with Gasteiger partial charge in [0.05, 0.1) is 5.69 Å². The van der Waals surface area contributed by atoms with E-state index < -0.39 is 5.97 Å². The summed E-state index contributed by atoms with van der Waals surface area (Å²) >= 11 is 0. The first kappa shape index (κ1) is 16.3. The predicted octanol–water partition coefficient (Wildman–Crippen LogP) is 4.39. The van der Waals surface area contributed by atoms with Gasteiger partial charge in [-0.05, 0) is 74.5 Å². The Hall–Kier alpha value is -1.58. The minimum absolute atomic E-state index is 0.128. The largest absolute Gasteiger partial charge is 0.481 e. The Kier molecular flexibility index (Phi) is 4.60. The maximum Gasteiger partial charge on any atom is 0.303 e. The van der Waals surface area contributed by atoms with Gasteiger partial charge in [0.15, 0.2) is 0 Å². The summed E-state index contributed by atoms with van der Waals surface area (Å²) in [6, 6.07) is 5.32. The molecule has 0 amide bonds. The summed E-state index contributed by atoms with van der Waals surface area (Å²) in [5.41, 5.74) is 2.20. The lowest BCUT2D eigenvalue weighted by Gasteiger charge is -2.46. The zero-order chi connectivity index (χ0) is 16.4. The molecule has 1 saturated carbocycles. The number of aryl methyl sites for hydroxylation is 1. The van der Waals surface area contributed by atoms with Crippen molar-refractivity contribution in [2.24, 2.45) is 11.3 Å². The lowest BCUT2D eigenvalue weighted by Crippen LogP contribution is -2.42. The molecule has 1 spiro atoms. The van der Waals surface area contributed by atoms with E-state index in [1.54, 1.807) is 6.07 Å². The van der Waals surface area contributed by atoms with Crippen LogP contribution in [0.3, 0.4) is 0 Å². The first-order valence-corrected chi connectivity index (χ1v) is 8.70. The van der Waals surface area contributed by atoms with Crippen LogP contribution in [-0.2, 0) is 4.79 Å². The van der Waals surface area contributed by atoms with Crippen molar-refractivity contribution in [3.8, 4) is 0 Å². The monoisotopic (exact) mass is 319 g/mol. The lowest BCUT2D eigenvalue weighted by atomic mass is 9.65. The third-order valence-corrected chi connectivity index (χ3v) is 5.90. The van der Waals surface area contributed by atoms with Gasteiger partial charge in [0.25, 0.3) is 0 Å². The Bertz CT molecular complexity index is 569. The summed E-state index contributed by atoms with van der Waals surface area (Å²) in [6.45, 7) is 3.81. The topological polar surface area (TPSA) is 40.5 Å². The molecule has 0 aromatic heterocycles. The highest BCUT2D eigenvalue weighted by Gasteiger charge is 2.38. The number of carbonyl (C=O) groups is 1. The van der Waals surface area contributed by atoms with Crippen LogP contribution in [0.5, 0.6) is 0 Å². The van der Waals surface area contributed by atoms with E-state index in [9.17, 15) is 9.18 Å². The van der Waals surface area contributed by atoms with Crippen molar-refractivity contribution in [2.45, 2.75) is 51.9 Å². The highest BCUT2D eigenvalue weighted by atomic mass is 19.1. The molecule has 126 valence electrons. The van der Waals surface area contributed by atoms with Gasteiger partial charge in [0, 0.05) is 19.5 Å². The Morgan fingerprint density at radius 3 is 2.52 bits per heavy atom. The van der Waals surface area contributed by atoms with Crippen molar-refractivity contribution in [3.63, 3.8) is 0 Å². The van der Waals surface area contributed by atoms with Gasteiger partial charge in [0.1, 0.15) is 5.82 Å². The SMILES string of the molecule is Cc1ccc(F)c(N2CCC3(CCC(CC(=O)O)CC3)CC2)c1. The number of carboxylic acid groups (broad SMARTS) is 1. The van der Waals surface area contributed by atoms with Crippen LogP contribution in [0, 0.1) is 24.1 Å². The highest BCUT2D eigenvalue weighted by molar-refractivity contribution is 5.67. The molecule has 23 heavy (non-hydrogen) atoms. The van der Waals surface area contributed by atoms with Gasteiger partial charge in [-0.1, -0.05) is 6.07 Å². The first-order valence-electron chi connectivity index (χ1n) is 8.70. The zero-order valence-electron chi connectivity index (χ0n) is 13.9. The number of halogens is 1. The van der Waals surface area contributed by atoms with Crippen molar-refractivity contribution in [1.29, 1.82) is 0 Å². The molecule has 1 N–H and O–H groups in total. The van der Waals surface area contributed by atoms with Crippen LogP contribution in [0.25, 0.3) is 0 Å². The maximum atomic E-state index is 14.1. The molecule has 1 heterocycles. The number of nitrogens with zero attached hydrogens (tertiary/aromatic N) is 1. The van der Waals surface area contributed by atoms with Crippen LogP contribution in [0.2, 0.25) is 0 Å². The normalized spacial score (nSPS) is 21.6. The molecule has 0 atom stereocenters. The molecule has 2 aliphatic rings. The van der Waals surface area contributed by atoms with E-state index in [-0.39, 0.29) is 5.82 Å². The Labute approximate surface area is 137 Å². The lowest BCUT2D eigenvalue weighted by molar-refractivity contribution is -0.138. The number of rotatable bonds is 3. The molecular weight excluding hydrogens is 293 g/mol. The van der Waals surface area contributed by atoms with Gasteiger partial charge in [-0.15, -0.1) is 0 Å². The molecule has 3 rings (SSSR count). The number of hydrogen-bond acceptors (Lipinski definition) is 2. The third-order valence-electron chi connectivity index (χ3n) is 5.90. The average molecular weight is 319 g/mol. The molecular formula is C19H26FNO2. The molecule has 0 bridgehead atoms. The summed E-state index contributed by atoms with van der Waals surface area (Å²) in [5.74, 6) is -0.446. The van der Waals surface area contributed by atoms with Crippen LogP contribution in [0.1, 0.15) is 50.5 Å². The number of aliphatic carboxylic acids is 1. The van der Waals surface area contributed by atoms with E-state index in [0.717, 1.165) is 62.9 Å². The molecule has 1 saturated heterocycles. The summed E-state index contributed by atoms with van der Waals surface area (Å²) < 4.78 is 14.1. The Balaban J connectivity index is 1.58. The third kappa shape index (κ3) is 3.67. The van der Waals surface area contributed by atoms with E-state index in [4.69, 9.17) is 5.11 Å². The molecule has 1 aliphatic carbocycles. The molecule has 3 nitrogen and oxygen atoms in total. The van der Waals surface area contributed by atoms with Crippen LogP contribution >= 0.6 is 0 Å². The minimum Gasteiger partial charge on any atom is -0.481 e. The van der Waals surface area contributed by atoms with Crippen LogP contribution in [0.15, 0.2) is 18.2 Å². The van der Waals surface area contributed by atoms with Gasteiger partial charge in [-0.3, -0.25) is 4.79 Å². The van der Waals surface area contributed by atoms with E-state index >= 15 is 0 Å². The number of hydrogen-bond donors (Lipinski definition) is 1. The van der Waals surface area contributed by atoms with E-state index in [1.165, 1.54) is 0 Å². The van der Waals surface area contributed by atoms with Gasteiger partial charge < -0.3 is 10.0 Å². The quantitative estimate of drug-likeness (QED) is 0.898. The Morgan fingerprint density at radius 2 is 1.91 bits per heavy atom. The van der Waals surface area contributed by atoms with E-state index in [1.807, 2.05) is 19.1 Å². The zero-order valence-corrected chi connectivity index (χ0v) is 13.9. The fourth-order valence-electron chi connectivity index (χ4n) is 4.33. The van der Waals surface area contributed by atoms with Crippen molar-refractivity contribution < 1.29 is 14.3 Å². The molecule has 1 aliphatic heterocycles. The summed E-state index contributed by atoms with van der Waals surface area (Å²) in [4.78, 5) is 13.0. The number of anilines is 1. The second-order valence-corrected chi connectivity index (χ2v) is 7.48. The van der Waals surface area contributed by atoms with Crippen molar-refractivity contribution in [2.75, 3.05) is 18.0 Å². The second-order valence-electron chi connectivity index (χ2n) is 7.48. The molecule has 0 unspecified atom stereocenters. The Morgan fingerprint density at radius 1 is 1.26 bits per heavy atom. The van der Waals surface area contributed by atoms with Gasteiger partial charge >= 0.3 is 5.97 Å². The second kappa shape index (κ2) is 6.50. The van der Waals surface area contributed by atoms with E-state index in [0.29, 0.717) is 17.8 Å². The highest BCUT2D eigenvalue weighted by Crippen LogP contribution is 2.47. The van der Waals surface area contributed by atoms with Gasteiger partial charge in [-0.2, -0.15) is 0 Å². The standard InChI is InChI=1S/C19H26FNO2/c1-14-2-3-16(20)17(12-14)21-10-8-19(9-11-21)6-4-15(5-7-19)13-18(22)23/h2-3,12,15H,4-11,13H2,1H3,(H,22,23). The smallest absolute Gasteiger partial charge is 0.303 e. The molecule has 2 fully saturated rings. The van der Waals surface area contributed by atoms with Crippen LogP contribution in [0.4, 0.5) is 10.1 Å². The van der Waals surface area contributed by atoms with Crippen LogP contribution in [-0.4, -0.2) is 24.2 Å². The number of benzene rings is 1. The summed E-state index contributed by atoms with van der Waals surface area (Å²) in [7, 11) is 0. The van der Waals surface area contributed by atoms with Crippen LogP contribution < -0.4 is 4.90 Å². The predicted molar refractivity (Wildman–Crippen MR) is 89.2 cm³/mol. The van der Waals surface area contributed by atoms with Gasteiger partial charge in [-0.25, -0.2) is 4.39 Å². The number of piperidine rings is 1. The van der Waals surface area contributed by atoms with E-state index in [2.05, 4.69) is 4.90 Å². The molecule has 1 aromatic carbocycles. The van der Waals surface area contributed by atoms with Crippen molar-refractivity contribution in [3.05, 3.63) is 29.6 Å². The van der Waals surface area contributed by atoms with Gasteiger partial charge in [0.2, 0.25) is 0 Å². The fourth-order valence-corrected chi connectivity index (χ4v) is 4.33. The molecule has 0 radical (unpaired) electrons. The first-order chi connectivity index (χ1) is 11.0. The maximum absolute atomic E-state index is 14.1. The summed E-state index contributed by atoms with van der Waals surface area (Å²) in [6.07, 6.45) is 6.84. The molecule has 1 aromatic rings. The van der Waals surface area contributed by atoms with Crippen molar-refractivity contribution >= 4 is 11.7 Å².